The van der Waals surface area contributed by atoms with E-state index in [0.717, 1.165) is 22.3 Å². The summed E-state index contributed by atoms with van der Waals surface area (Å²) in [6.45, 7) is 2.80. The fraction of sp³-hybridized carbons (Fsp3) is 0.167. The Balaban J connectivity index is 2.07. The second-order valence-corrected chi connectivity index (χ2v) is 5.41. The maximum Gasteiger partial charge on any atom is 0.0637 e. The van der Waals surface area contributed by atoms with Gasteiger partial charge in [-0.05, 0) is 30.7 Å². The second kappa shape index (κ2) is 5.09. The molecule has 0 aliphatic carbocycles. The summed E-state index contributed by atoms with van der Waals surface area (Å²) in [5.41, 5.74) is 2.15. The van der Waals surface area contributed by atoms with Gasteiger partial charge >= 0.3 is 0 Å². The average Bonchev–Trinajstić information content (AvgIpc) is 2.66. The highest BCUT2D eigenvalue weighted by atomic mass is 35.5. The van der Waals surface area contributed by atoms with Gasteiger partial charge in [0.05, 0.1) is 15.7 Å². The summed E-state index contributed by atoms with van der Waals surface area (Å²) in [4.78, 5) is 1.20. The van der Waals surface area contributed by atoms with E-state index in [1.807, 2.05) is 36.6 Å². The number of hydrogen-bond donors (Lipinski definition) is 1. The van der Waals surface area contributed by atoms with Crippen LogP contribution in [0.15, 0.2) is 29.6 Å². The van der Waals surface area contributed by atoms with Crippen LogP contribution < -0.4 is 5.32 Å². The number of thiophene rings is 1. The van der Waals surface area contributed by atoms with Crippen molar-refractivity contribution in [2.24, 2.45) is 0 Å². The van der Waals surface area contributed by atoms with E-state index in [1.165, 1.54) is 10.4 Å². The number of anilines is 1. The smallest absolute Gasteiger partial charge is 0.0637 e. The summed E-state index contributed by atoms with van der Waals surface area (Å²) in [6, 6.07) is 7.90. The highest BCUT2D eigenvalue weighted by molar-refractivity contribution is 7.10. The number of nitrogens with one attached hydrogen (secondary N) is 1. The number of benzene rings is 1. The molecule has 0 bridgehead atoms. The Morgan fingerprint density at radius 1 is 1.25 bits per heavy atom. The van der Waals surface area contributed by atoms with Gasteiger partial charge in [-0.3, -0.25) is 0 Å². The van der Waals surface area contributed by atoms with Gasteiger partial charge in [-0.15, -0.1) is 11.3 Å². The van der Waals surface area contributed by atoms with Crippen LogP contribution >= 0.6 is 34.5 Å². The van der Waals surface area contributed by atoms with Gasteiger partial charge in [-0.1, -0.05) is 29.3 Å². The summed E-state index contributed by atoms with van der Waals surface area (Å²) < 4.78 is 0. The lowest BCUT2D eigenvalue weighted by atomic mass is 10.2. The molecule has 0 radical (unpaired) electrons. The number of halogens is 2. The van der Waals surface area contributed by atoms with Crippen LogP contribution in [0.2, 0.25) is 10.0 Å². The van der Waals surface area contributed by atoms with Crippen molar-refractivity contribution >= 4 is 40.2 Å². The van der Waals surface area contributed by atoms with Crippen molar-refractivity contribution in [1.29, 1.82) is 0 Å². The molecule has 0 saturated heterocycles. The molecule has 1 aromatic heterocycles. The predicted octanol–water partition coefficient (Wildman–Crippen LogP) is 4.98. The fourth-order valence-electron chi connectivity index (χ4n) is 1.40. The monoisotopic (exact) mass is 271 g/mol. The van der Waals surface area contributed by atoms with Crippen molar-refractivity contribution in [1.82, 2.24) is 0 Å². The quantitative estimate of drug-likeness (QED) is 0.831. The van der Waals surface area contributed by atoms with Gasteiger partial charge in [0.15, 0.2) is 0 Å². The summed E-state index contributed by atoms with van der Waals surface area (Å²) in [6.07, 6.45) is 0. The van der Waals surface area contributed by atoms with Crippen molar-refractivity contribution in [2.75, 3.05) is 5.32 Å². The first-order valence-corrected chi connectivity index (χ1v) is 6.51. The Morgan fingerprint density at radius 3 is 2.75 bits per heavy atom. The third-order valence-electron chi connectivity index (χ3n) is 2.20. The third kappa shape index (κ3) is 2.91. The Bertz CT molecular complexity index is 494. The lowest BCUT2D eigenvalue weighted by molar-refractivity contribution is 1.19. The maximum absolute atomic E-state index is 6.08. The van der Waals surface area contributed by atoms with Gasteiger partial charge in [0.1, 0.15) is 0 Å². The summed E-state index contributed by atoms with van der Waals surface area (Å²) in [5.74, 6) is 0. The molecule has 0 aliphatic rings. The van der Waals surface area contributed by atoms with E-state index in [9.17, 15) is 0 Å². The molecule has 1 heterocycles. The lowest BCUT2D eigenvalue weighted by Crippen LogP contribution is -1.98. The summed E-state index contributed by atoms with van der Waals surface area (Å²) >= 11 is 13.6. The van der Waals surface area contributed by atoms with Gasteiger partial charge in [-0.25, -0.2) is 0 Å². The van der Waals surface area contributed by atoms with Crippen LogP contribution in [0, 0.1) is 6.92 Å². The first-order valence-electron chi connectivity index (χ1n) is 4.88. The van der Waals surface area contributed by atoms with Crippen LogP contribution in [0.5, 0.6) is 0 Å². The minimum Gasteiger partial charge on any atom is -0.379 e. The number of rotatable bonds is 3. The average molecular weight is 272 g/mol. The molecule has 16 heavy (non-hydrogen) atoms. The standard InChI is InChI=1S/C12H11Cl2NS/c1-8-2-3-11(14)12(4-8)15-6-10-5-9(13)7-16-10/h2-5,7,15H,6H2,1H3. The number of aryl methyl sites for hydroxylation is 1. The van der Waals surface area contributed by atoms with Crippen molar-refractivity contribution in [2.45, 2.75) is 13.5 Å². The van der Waals surface area contributed by atoms with Gasteiger partial charge in [0, 0.05) is 16.8 Å². The Morgan fingerprint density at radius 2 is 2.06 bits per heavy atom. The molecular formula is C12H11Cl2NS. The highest BCUT2D eigenvalue weighted by Crippen LogP contribution is 2.25. The highest BCUT2D eigenvalue weighted by Gasteiger charge is 2.01. The van der Waals surface area contributed by atoms with E-state index < -0.39 is 0 Å². The van der Waals surface area contributed by atoms with Gasteiger partial charge < -0.3 is 5.32 Å². The molecule has 0 fully saturated rings. The van der Waals surface area contributed by atoms with Crippen LogP contribution in [0.4, 0.5) is 5.69 Å². The normalized spacial score (nSPS) is 10.4. The van der Waals surface area contributed by atoms with Crippen molar-refractivity contribution in [3.63, 3.8) is 0 Å². The van der Waals surface area contributed by atoms with Gasteiger partial charge in [0.25, 0.3) is 0 Å². The number of hydrogen-bond acceptors (Lipinski definition) is 2. The van der Waals surface area contributed by atoms with Gasteiger partial charge in [-0.2, -0.15) is 0 Å². The Hall–Kier alpha value is -0.700. The molecule has 1 N–H and O–H groups in total. The Kier molecular flexibility index (Phi) is 3.74. The van der Waals surface area contributed by atoms with Crippen LogP contribution in [-0.4, -0.2) is 0 Å². The van der Waals surface area contributed by atoms with Crippen molar-refractivity contribution in [3.8, 4) is 0 Å². The van der Waals surface area contributed by atoms with Crippen molar-refractivity contribution < 1.29 is 0 Å². The largest absolute Gasteiger partial charge is 0.379 e. The zero-order valence-corrected chi connectivity index (χ0v) is 11.1. The summed E-state index contributed by atoms with van der Waals surface area (Å²) in [7, 11) is 0. The van der Waals surface area contributed by atoms with E-state index in [4.69, 9.17) is 23.2 Å². The molecule has 0 atom stereocenters. The minimum absolute atomic E-state index is 0.744. The lowest BCUT2D eigenvalue weighted by Gasteiger charge is -2.07. The zero-order valence-electron chi connectivity index (χ0n) is 8.76. The maximum atomic E-state index is 6.08. The molecule has 4 heteroatoms. The van der Waals surface area contributed by atoms with E-state index in [2.05, 4.69) is 5.32 Å². The predicted molar refractivity (Wildman–Crippen MR) is 72.8 cm³/mol. The second-order valence-electron chi connectivity index (χ2n) is 3.57. The van der Waals surface area contributed by atoms with E-state index in [-0.39, 0.29) is 0 Å². The molecule has 2 aromatic rings. The van der Waals surface area contributed by atoms with Gasteiger partial charge in [0.2, 0.25) is 0 Å². The zero-order chi connectivity index (χ0) is 11.5. The van der Waals surface area contributed by atoms with Crippen LogP contribution in [-0.2, 0) is 6.54 Å². The van der Waals surface area contributed by atoms with Crippen LogP contribution in [0.3, 0.4) is 0 Å². The molecule has 0 amide bonds. The molecule has 0 unspecified atom stereocenters. The van der Waals surface area contributed by atoms with Crippen LogP contribution in [0.1, 0.15) is 10.4 Å². The molecule has 2 rings (SSSR count). The molecular weight excluding hydrogens is 261 g/mol. The third-order valence-corrected chi connectivity index (χ3v) is 3.81. The molecule has 1 nitrogen and oxygen atoms in total. The topological polar surface area (TPSA) is 12.0 Å². The SMILES string of the molecule is Cc1ccc(Cl)c(NCc2cc(Cl)cs2)c1. The summed E-state index contributed by atoms with van der Waals surface area (Å²) in [5, 5.41) is 6.76. The van der Waals surface area contributed by atoms with E-state index >= 15 is 0 Å². The van der Waals surface area contributed by atoms with Crippen LogP contribution in [0.25, 0.3) is 0 Å². The molecule has 84 valence electrons. The van der Waals surface area contributed by atoms with E-state index in [1.54, 1.807) is 11.3 Å². The fourth-order valence-corrected chi connectivity index (χ4v) is 2.60. The first kappa shape index (κ1) is 11.8. The molecule has 1 aromatic carbocycles. The van der Waals surface area contributed by atoms with Crippen molar-refractivity contribution in [3.05, 3.63) is 50.1 Å². The molecule has 0 aliphatic heterocycles. The Labute approximate surface area is 109 Å². The molecule has 0 saturated carbocycles. The minimum atomic E-state index is 0.744. The van der Waals surface area contributed by atoms with E-state index in [0.29, 0.717) is 0 Å². The first-order chi connectivity index (χ1) is 7.65. The molecule has 0 spiro atoms.